The number of carbonyl (C=O) groups is 3. The Morgan fingerprint density at radius 2 is 1.76 bits per heavy atom. The van der Waals surface area contributed by atoms with Crippen molar-refractivity contribution < 1.29 is 19.5 Å². The summed E-state index contributed by atoms with van der Waals surface area (Å²) in [4.78, 5) is 32.7. The second kappa shape index (κ2) is 6.85. The molecule has 0 aromatic heterocycles. The Morgan fingerprint density at radius 3 is 2.12 bits per heavy atom. The number of carboxylic acid groups (broad SMARTS) is 1. The maximum absolute atomic E-state index is 11.5. The van der Waals surface area contributed by atoms with Gasteiger partial charge in [-0.2, -0.15) is 0 Å². The van der Waals surface area contributed by atoms with Gasteiger partial charge in [0.15, 0.2) is 0 Å². The van der Waals surface area contributed by atoms with Gasteiger partial charge in [-0.1, -0.05) is 13.8 Å². The van der Waals surface area contributed by atoms with Crippen LogP contribution in [0.15, 0.2) is 0 Å². The minimum atomic E-state index is -1.04. The van der Waals surface area contributed by atoms with E-state index < -0.39 is 29.9 Å². The topological polar surface area (TPSA) is 136 Å². The minimum Gasteiger partial charge on any atom is -0.481 e. The van der Waals surface area contributed by atoms with Crippen molar-refractivity contribution in [3.63, 3.8) is 0 Å². The van der Waals surface area contributed by atoms with E-state index in [2.05, 4.69) is 5.32 Å². The Morgan fingerprint density at radius 1 is 1.24 bits per heavy atom. The molecule has 2 atom stereocenters. The summed E-state index contributed by atoms with van der Waals surface area (Å²) < 4.78 is 0. The molecule has 6 N–H and O–H groups in total. The number of hydrogen-bond donors (Lipinski definition) is 4. The van der Waals surface area contributed by atoms with E-state index in [0.717, 1.165) is 0 Å². The number of carbonyl (C=O) groups excluding carboxylic acids is 2. The predicted molar refractivity (Wildman–Crippen MR) is 60.8 cm³/mol. The van der Waals surface area contributed by atoms with Crippen LogP contribution in [0, 0.1) is 5.92 Å². The highest BCUT2D eigenvalue weighted by atomic mass is 16.4. The SMILES string of the molecule is CC(C)C(CC(=O)O)NC(=O)C(N)CC(N)=O. The average Bonchev–Trinajstić information content (AvgIpc) is 2.14. The summed E-state index contributed by atoms with van der Waals surface area (Å²) >= 11 is 0. The average molecular weight is 245 g/mol. The lowest BCUT2D eigenvalue weighted by Gasteiger charge is -2.22. The van der Waals surface area contributed by atoms with E-state index in [1.165, 1.54) is 0 Å². The zero-order chi connectivity index (χ0) is 13.6. The van der Waals surface area contributed by atoms with E-state index in [1.54, 1.807) is 13.8 Å². The normalized spacial score (nSPS) is 14.1. The molecule has 0 aliphatic carbocycles. The van der Waals surface area contributed by atoms with Crippen LogP contribution >= 0.6 is 0 Å². The van der Waals surface area contributed by atoms with Gasteiger partial charge in [0, 0.05) is 6.04 Å². The summed E-state index contributed by atoms with van der Waals surface area (Å²) in [5.41, 5.74) is 10.3. The molecule has 0 bridgehead atoms. The molecule has 0 radical (unpaired) electrons. The van der Waals surface area contributed by atoms with Crippen molar-refractivity contribution in [3.8, 4) is 0 Å². The standard InChI is InChI=1S/C10H19N3O4/c1-5(2)7(4-9(15)16)13-10(17)6(11)3-8(12)14/h5-7H,3-4,11H2,1-2H3,(H2,12,14)(H,13,17)(H,15,16). The summed E-state index contributed by atoms with van der Waals surface area (Å²) in [6.07, 6.45) is -0.448. The summed E-state index contributed by atoms with van der Waals surface area (Å²) in [6.45, 7) is 3.57. The molecule has 2 amide bonds. The highest BCUT2D eigenvalue weighted by molar-refractivity contribution is 5.87. The maximum Gasteiger partial charge on any atom is 0.305 e. The summed E-state index contributed by atoms with van der Waals surface area (Å²) in [6, 6.07) is -1.55. The Balaban J connectivity index is 4.39. The molecule has 7 nitrogen and oxygen atoms in total. The fourth-order valence-corrected chi connectivity index (χ4v) is 1.24. The third-order valence-corrected chi connectivity index (χ3v) is 2.28. The Kier molecular flexibility index (Phi) is 6.19. The van der Waals surface area contributed by atoms with Gasteiger partial charge in [-0.25, -0.2) is 0 Å². The lowest BCUT2D eigenvalue weighted by atomic mass is 10.0. The van der Waals surface area contributed by atoms with E-state index in [-0.39, 0.29) is 18.8 Å². The van der Waals surface area contributed by atoms with Crippen LogP contribution in [0.2, 0.25) is 0 Å². The summed E-state index contributed by atoms with van der Waals surface area (Å²) in [5.74, 6) is -2.29. The van der Waals surface area contributed by atoms with Gasteiger partial charge in [0.05, 0.1) is 18.9 Å². The number of carboxylic acids is 1. The van der Waals surface area contributed by atoms with E-state index in [1.807, 2.05) is 0 Å². The number of primary amides is 1. The molecule has 2 unspecified atom stereocenters. The molecule has 0 heterocycles. The lowest BCUT2D eigenvalue weighted by Crippen LogP contribution is -2.49. The van der Waals surface area contributed by atoms with Crippen molar-refractivity contribution in [2.45, 2.75) is 38.8 Å². The molecule has 0 fully saturated rings. The second-order valence-electron chi connectivity index (χ2n) is 4.23. The molecular weight excluding hydrogens is 226 g/mol. The van der Waals surface area contributed by atoms with Crippen LogP contribution in [0.5, 0.6) is 0 Å². The molecule has 0 saturated heterocycles. The molecule has 0 aromatic carbocycles. The van der Waals surface area contributed by atoms with Gasteiger partial charge in [-0.15, -0.1) is 0 Å². The number of nitrogens with two attached hydrogens (primary N) is 2. The largest absolute Gasteiger partial charge is 0.481 e. The van der Waals surface area contributed by atoms with Crippen molar-refractivity contribution in [1.82, 2.24) is 5.32 Å². The molecule has 0 aromatic rings. The van der Waals surface area contributed by atoms with Gasteiger partial charge in [0.25, 0.3) is 0 Å². The minimum absolute atomic E-state index is 0.0455. The first-order valence-corrected chi connectivity index (χ1v) is 5.30. The molecule has 17 heavy (non-hydrogen) atoms. The van der Waals surface area contributed by atoms with Gasteiger partial charge in [0.2, 0.25) is 11.8 Å². The number of hydrogen-bond acceptors (Lipinski definition) is 4. The first-order chi connectivity index (χ1) is 7.73. The fraction of sp³-hybridized carbons (Fsp3) is 0.700. The quantitative estimate of drug-likeness (QED) is 0.447. The number of amides is 2. The summed E-state index contributed by atoms with van der Waals surface area (Å²) in [5, 5.41) is 11.2. The first-order valence-electron chi connectivity index (χ1n) is 5.30. The van der Waals surface area contributed by atoms with Gasteiger partial charge in [0.1, 0.15) is 0 Å². The van der Waals surface area contributed by atoms with E-state index in [4.69, 9.17) is 16.6 Å². The van der Waals surface area contributed by atoms with Crippen LogP contribution in [0.25, 0.3) is 0 Å². The zero-order valence-electron chi connectivity index (χ0n) is 9.97. The number of rotatable bonds is 7. The van der Waals surface area contributed by atoms with Crippen LogP contribution in [-0.2, 0) is 14.4 Å². The lowest BCUT2D eigenvalue weighted by molar-refractivity contribution is -0.138. The van der Waals surface area contributed by atoms with Gasteiger partial charge in [-0.3, -0.25) is 14.4 Å². The second-order valence-corrected chi connectivity index (χ2v) is 4.23. The van der Waals surface area contributed by atoms with Crippen LogP contribution < -0.4 is 16.8 Å². The molecule has 0 spiro atoms. The molecular formula is C10H19N3O4. The van der Waals surface area contributed by atoms with Gasteiger partial charge >= 0.3 is 5.97 Å². The van der Waals surface area contributed by atoms with Crippen LogP contribution in [0.1, 0.15) is 26.7 Å². The molecule has 7 heteroatoms. The Bertz CT molecular complexity index is 304. The zero-order valence-corrected chi connectivity index (χ0v) is 9.97. The van der Waals surface area contributed by atoms with Crippen molar-refractivity contribution in [1.29, 1.82) is 0 Å². The molecule has 98 valence electrons. The maximum atomic E-state index is 11.5. The highest BCUT2D eigenvalue weighted by Crippen LogP contribution is 2.06. The van der Waals surface area contributed by atoms with E-state index in [0.29, 0.717) is 0 Å². The van der Waals surface area contributed by atoms with Crippen molar-refractivity contribution in [2.75, 3.05) is 0 Å². The first kappa shape index (κ1) is 15.4. The van der Waals surface area contributed by atoms with Gasteiger partial charge in [-0.05, 0) is 5.92 Å². The molecule has 0 aliphatic heterocycles. The fourth-order valence-electron chi connectivity index (χ4n) is 1.24. The van der Waals surface area contributed by atoms with E-state index in [9.17, 15) is 14.4 Å². The monoisotopic (exact) mass is 245 g/mol. The molecule has 0 saturated carbocycles. The van der Waals surface area contributed by atoms with Crippen molar-refractivity contribution >= 4 is 17.8 Å². The Hall–Kier alpha value is -1.63. The van der Waals surface area contributed by atoms with Crippen LogP contribution in [0.4, 0.5) is 0 Å². The molecule has 0 rings (SSSR count). The highest BCUT2D eigenvalue weighted by Gasteiger charge is 2.23. The van der Waals surface area contributed by atoms with Crippen molar-refractivity contribution in [2.24, 2.45) is 17.4 Å². The Labute approximate surface area is 99.5 Å². The third-order valence-electron chi connectivity index (χ3n) is 2.28. The van der Waals surface area contributed by atoms with Crippen molar-refractivity contribution in [3.05, 3.63) is 0 Å². The van der Waals surface area contributed by atoms with Gasteiger partial charge < -0.3 is 21.9 Å². The number of nitrogens with one attached hydrogen (secondary N) is 1. The van der Waals surface area contributed by atoms with Crippen LogP contribution in [-0.4, -0.2) is 35.0 Å². The van der Waals surface area contributed by atoms with E-state index >= 15 is 0 Å². The smallest absolute Gasteiger partial charge is 0.305 e. The third kappa shape index (κ3) is 6.52. The predicted octanol–water partition coefficient (Wildman–Crippen LogP) is -1.20. The molecule has 0 aliphatic rings. The van der Waals surface area contributed by atoms with Crippen LogP contribution in [0.3, 0.4) is 0 Å². The summed E-state index contributed by atoms with van der Waals surface area (Å²) in [7, 11) is 0. The number of aliphatic carboxylic acids is 1.